The fourth-order valence-electron chi connectivity index (χ4n) is 3.14. The molecule has 2 aromatic rings. The van der Waals surface area contributed by atoms with Crippen molar-refractivity contribution in [1.29, 1.82) is 0 Å². The van der Waals surface area contributed by atoms with Gasteiger partial charge >= 0.3 is 0 Å². The number of hydrogen-bond acceptors (Lipinski definition) is 2. The largest absolute Gasteiger partial charge is 0.332 e. The van der Waals surface area contributed by atoms with Gasteiger partial charge in [0.2, 0.25) is 5.56 Å². The molecule has 1 N–H and O–H groups in total. The molecule has 0 aliphatic carbocycles. The molecule has 1 aromatic carbocycles. The minimum absolute atomic E-state index is 0.187. The van der Waals surface area contributed by atoms with Crippen molar-refractivity contribution >= 4 is 5.91 Å². The van der Waals surface area contributed by atoms with Crippen LogP contribution in [0.3, 0.4) is 0 Å². The Hall–Kier alpha value is -2.43. The van der Waals surface area contributed by atoms with Crippen LogP contribution in [0.2, 0.25) is 0 Å². The Morgan fingerprint density at radius 3 is 2.87 bits per heavy atom. The number of rotatable bonds is 2. The summed E-state index contributed by atoms with van der Waals surface area (Å²) in [6.07, 6.45) is 1.34. The van der Waals surface area contributed by atoms with Crippen LogP contribution in [0.4, 0.5) is 4.39 Å². The lowest BCUT2D eigenvalue weighted by atomic mass is 9.93. The van der Waals surface area contributed by atoms with Gasteiger partial charge in [0.1, 0.15) is 5.82 Å². The second-order valence-corrected chi connectivity index (χ2v) is 5.88. The van der Waals surface area contributed by atoms with E-state index in [9.17, 15) is 14.0 Å². The molecule has 0 saturated carbocycles. The van der Waals surface area contributed by atoms with Gasteiger partial charge in [-0.05, 0) is 49.1 Å². The van der Waals surface area contributed by atoms with Gasteiger partial charge in [-0.2, -0.15) is 0 Å². The number of nitrogens with zero attached hydrogens (tertiary/aromatic N) is 1. The van der Waals surface area contributed by atoms with Crippen molar-refractivity contribution in [1.82, 2.24) is 9.88 Å². The highest BCUT2D eigenvalue weighted by molar-refractivity contribution is 5.94. The number of aromatic amines is 1. The van der Waals surface area contributed by atoms with E-state index in [1.807, 2.05) is 13.8 Å². The lowest BCUT2D eigenvalue weighted by Crippen LogP contribution is -2.39. The molecule has 23 heavy (non-hydrogen) atoms. The van der Waals surface area contributed by atoms with Gasteiger partial charge in [-0.3, -0.25) is 9.59 Å². The van der Waals surface area contributed by atoms with Gasteiger partial charge in [-0.15, -0.1) is 0 Å². The smallest absolute Gasteiger partial charge is 0.254 e. The van der Waals surface area contributed by atoms with Crippen molar-refractivity contribution in [3.05, 3.63) is 68.9 Å². The molecule has 1 aliphatic rings. The minimum Gasteiger partial charge on any atom is -0.332 e. The van der Waals surface area contributed by atoms with E-state index in [1.54, 1.807) is 17.0 Å². The van der Waals surface area contributed by atoms with Crippen LogP contribution in [0, 0.1) is 5.82 Å². The summed E-state index contributed by atoms with van der Waals surface area (Å²) in [5, 5.41) is 0. The number of halogens is 1. The number of amides is 1. The Morgan fingerprint density at radius 2 is 2.13 bits per heavy atom. The van der Waals surface area contributed by atoms with Crippen LogP contribution in [-0.4, -0.2) is 22.3 Å². The highest BCUT2D eigenvalue weighted by atomic mass is 19.1. The molecule has 0 spiro atoms. The molecule has 3 rings (SSSR count). The Bertz CT molecular complexity index is 813. The van der Waals surface area contributed by atoms with Crippen LogP contribution < -0.4 is 5.56 Å². The van der Waals surface area contributed by atoms with E-state index in [0.717, 1.165) is 16.8 Å². The van der Waals surface area contributed by atoms with E-state index in [4.69, 9.17) is 0 Å². The number of H-pyrrole nitrogens is 1. The zero-order chi connectivity index (χ0) is 16.6. The molecule has 2 heterocycles. The molecule has 1 unspecified atom stereocenters. The van der Waals surface area contributed by atoms with Gasteiger partial charge < -0.3 is 9.88 Å². The highest BCUT2D eigenvalue weighted by Gasteiger charge is 2.28. The number of carbonyl (C=O) groups is 1. The monoisotopic (exact) mass is 314 g/mol. The normalized spacial score (nSPS) is 17.0. The Morgan fingerprint density at radius 1 is 1.35 bits per heavy atom. The van der Waals surface area contributed by atoms with Crippen LogP contribution >= 0.6 is 0 Å². The van der Waals surface area contributed by atoms with Crippen LogP contribution in [0.5, 0.6) is 0 Å². The first kappa shape index (κ1) is 15.5. The zero-order valence-corrected chi connectivity index (χ0v) is 13.2. The van der Waals surface area contributed by atoms with Crippen molar-refractivity contribution in [3.63, 3.8) is 0 Å². The number of hydrogen-bond donors (Lipinski definition) is 1. The molecule has 0 fully saturated rings. The molecule has 1 atom stereocenters. The minimum atomic E-state index is -0.297. The van der Waals surface area contributed by atoms with E-state index < -0.39 is 0 Å². The molecule has 1 aliphatic heterocycles. The summed E-state index contributed by atoms with van der Waals surface area (Å²) in [7, 11) is 0. The molecule has 4 nitrogen and oxygen atoms in total. The number of fused-ring (bicyclic) bond motifs is 1. The first-order valence-corrected chi connectivity index (χ1v) is 7.82. The predicted molar refractivity (Wildman–Crippen MR) is 86.0 cm³/mol. The summed E-state index contributed by atoms with van der Waals surface area (Å²) >= 11 is 0. The van der Waals surface area contributed by atoms with E-state index in [-0.39, 0.29) is 23.3 Å². The van der Waals surface area contributed by atoms with E-state index in [0.29, 0.717) is 24.9 Å². The third-order valence-electron chi connectivity index (χ3n) is 4.44. The summed E-state index contributed by atoms with van der Waals surface area (Å²) in [6, 6.07) is 7.56. The fourth-order valence-corrected chi connectivity index (χ4v) is 3.14. The highest BCUT2D eigenvalue weighted by Crippen LogP contribution is 2.31. The number of aromatic nitrogens is 1. The quantitative estimate of drug-likeness (QED) is 0.926. The summed E-state index contributed by atoms with van der Waals surface area (Å²) < 4.78 is 13.5. The summed E-state index contributed by atoms with van der Waals surface area (Å²) in [5.41, 5.74) is 2.76. The third kappa shape index (κ3) is 2.91. The van der Waals surface area contributed by atoms with Gasteiger partial charge in [0, 0.05) is 23.9 Å². The van der Waals surface area contributed by atoms with Crippen molar-refractivity contribution in [2.24, 2.45) is 0 Å². The van der Waals surface area contributed by atoms with Crippen LogP contribution in [-0.2, 0) is 12.8 Å². The van der Waals surface area contributed by atoms with Crippen molar-refractivity contribution in [3.8, 4) is 0 Å². The summed E-state index contributed by atoms with van der Waals surface area (Å²) in [4.78, 5) is 28.9. The van der Waals surface area contributed by atoms with Gasteiger partial charge in [0.05, 0.1) is 6.04 Å². The van der Waals surface area contributed by atoms with Crippen LogP contribution in [0.25, 0.3) is 0 Å². The van der Waals surface area contributed by atoms with Gasteiger partial charge in [0.15, 0.2) is 0 Å². The van der Waals surface area contributed by atoms with E-state index >= 15 is 0 Å². The molecule has 5 heteroatoms. The summed E-state index contributed by atoms with van der Waals surface area (Å²) in [6.45, 7) is 4.37. The second-order valence-electron chi connectivity index (χ2n) is 5.88. The number of aryl methyl sites for hydroxylation is 1. The second kappa shape index (κ2) is 5.99. The molecular weight excluding hydrogens is 295 g/mol. The maximum absolute atomic E-state index is 13.5. The SMILES string of the molecule is CCc1cc(C(=O)N2CCc3ccc(F)cc3C2C)cc(=O)[nH]1. The number of carbonyl (C=O) groups excluding carboxylic acids is 1. The Kier molecular flexibility index (Phi) is 4.03. The number of pyridine rings is 1. The average Bonchev–Trinajstić information content (AvgIpc) is 2.54. The lowest BCUT2D eigenvalue weighted by Gasteiger charge is -2.35. The first-order chi connectivity index (χ1) is 11.0. The van der Waals surface area contributed by atoms with Crippen molar-refractivity contribution < 1.29 is 9.18 Å². The van der Waals surface area contributed by atoms with Gasteiger partial charge in [-0.25, -0.2) is 4.39 Å². The molecule has 0 radical (unpaired) electrons. The van der Waals surface area contributed by atoms with E-state index in [1.165, 1.54) is 18.2 Å². The standard InChI is InChI=1S/C18H19FN2O2/c1-3-15-8-13(9-17(22)20-15)18(23)21-7-6-12-4-5-14(19)10-16(12)11(21)2/h4-5,8-11H,3,6-7H2,1-2H3,(H,20,22). The fraction of sp³-hybridized carbons (Fsp3) is 0.333. The summed E-state index contributed by atoms with van der Waals surface area (Å²) in [5.74, 6) is -0.484. The lowest BCUT2D eigenvalue weighted by molar-refractivity contribution is 0.0677. The molecule has 120 valence electrons. The van der Waals surface area contributed by atoms with Gasteiger partial charge in [0.25, 0.3) is 5.91 Å². The third-order valence-corrected chi connectivity index (χ3v) is 4.44. The number of benzene rings is 1. The molecular formula is C18H19FN2O2. The van der Waals surface area contributed by atoms with E-state index in [2.05, 4.69) is 4.98 Å². The number of nitrogens with one attached hydrogen (secondary N) is 1. The zero-order valence-electron chi connectivity index (χ0n) is 13.2. The topological polar surface area (TPSA) is 53.2 Å². The molecule has 0 bridgehead atoms. The van der Waals surface area contributed by atoms with Crippen molar-refractivity contribution in [2.75, 3.05) is 6.54 Å². The molecule has 1 aromatic heterocycles. The van der Waals surface area contributed by atoms with Crippen molar-refractivity contribution in [2.45, 2.75) is 32.7 Å². The Labute approximate surface area is 134 Å². The Balaban J connectivity index is 1.95. The molecule has 1 amide bonds. The van der Waals surface area contributed by atoms with Crippen LogP contribution in [0.1, 0.15) is 47.1 Å². The van der Waals surface area contributed by atoms with Gasteiger partial charge in [-0.1, -0.05) is 13.0 Å². The average molecular weight is 314 g/mol. The predicted octanol–water partition coefficient (Wildman–Crippen LogP) is 2.84. The first-order valence-electron chi connectivity index (χ1n) is 7.82. The maximum Gasteiger partial charge on any atom is 0.254 e. The van der Waals surface area contributed by atoms with Crippen LogP contribution in [0.15, 0.2) is 35.1 Å². The molecule has 0 saturated heterocycles. The maximum atomic E-state index is 13.5.